The molecule has 0 saturated heterocycles. The molecule has 5 heteroatoms. The Hall–Kier alpha value is -2.82. The molecule has 0 bridgehead atoms. The molecule has 1 heterocycles. The largest absolute Gasteiger partial charge is 0.466 e. The molecule has 1 aliphatic rings. The minimum Gasteiger partial charge on any atom is -0.466 e. The summed E-state index contributed by atoms with van der Waals surface area (Å²) in [7, 11) is 1.26. The Morgan fingerprint density at radius 3 is 2.04 bits per heavy atom. The van der Waals surface area contributed by atoms with E-state index in [9.17, 15) is 9.59 Å². The lowest BCUT2D eigenvalue weighted by atomic mass is 9.88. The summed E-state index contributed by atoms with van der Waals surface area (Å²) in [5.74, 6) is -0.515. The van der Waals surface area contributed by atoms with Crippen LogP contribution in [0.25, 0.3) is 0 Å². The van der Waals surface area contributed by atoms with Gasteiger partial charge in [-0.3, -0.25) is 4.79 Å². The van der Waals surface area contributed by atoms with Crippen LogP contribution in [0.5, 0.6) is 11.5 Å². The van der Waals surface area contributed by atoms with Gasteiger partial charge in [-0.15, -0.1) is 0 Å². The fourth-order valence-corrected chi connectivity index (χ4v) is 2.62. The van der Waals surface area contributed by atoms with Gasteiger partial charge >= 0.3 is 11.9 Å². The number of fused-ring (bicyclic) bond motifs is 2. The van der Waals surface area contributed by atoms with Crippen LogP contribution in [0.2, 0.25) is 0 Å². The molecule has 1 atom stereocenters. The zero-order valence-corrected chi connectivity index (χ0v) is 12.8. The van der Waals surface area contributed by atoms with Crippen molar-refractivity contribution in [2.75, 3.05) is 7.11 Å². The van der Waals surface area contributed by atoms with Crippen LogP contribution in [-0.4, -0.2) is 25.2 Å². The number of rotatable bonds is 3. The normalized spacial score (nSPS) is 14.0. The number of methoxy groups -OCH3 is 1. The van der Waals surface area contributed by atoms with E-state index in [-0.39, 0.29) is 0 Å². The first-order valence-electron chi connectivity index (χ1n) is 7.26. The Morgan fingerprint density at radius 1 is 1.00 bits per heavy atom. The summed E-state index contributed by atoms with van der Waals surface area (Å²) in [4.78, 5) is 24.2. The first-order valence-corrected chi connectivity index (χ1v) is 7.26. The summed E-state index contributed by atoms with van der Waals surface area (Å²) >= 11 is 0. The van der Waals surface area contributed by atoms with Crippen LogP contribution in [0, 0.1) is 0 Å². The molecule has 0 radical (unpaired) electrons. The lowest BCUT2D eigenvalue weighted by molar-refractivity contribution is -0.165. The van der Waals surface area contributed by atoms with Crippen molar-refractivity contribution in [3.63, 3.8) is 0 Å². The highest BCUT2D eigenvalue weighted by Crippen LogP contribution is 2.44. The molecule has 5 nitrogen and oxygen atoms in total. The van der Waals surface area contributed by atoms with Gasteiger partial charge < -0.3 is 14.2 Å². The molecule has 118 valence electrons. The minimum atomic E-state index is -0.963. The maximum Gasteiger partial charge on any atom is 0.346 e. The Morgan fingerprint density at radius 2 is 1.52 bits per heavy atom. The van der Waals surface area contributed by atoms with Gasteiger partial charge in [-0.25, -0.2) is 4.79 Å². The van der Waals surface area contributed by atoms with Crippen molar-refractivity contribution < 1.29 is 23.8 Å². The molecule has 0 spiro atoms. The fourth-order valence-electron chi connectivity index (χ4n) is 2.62. The summed E-state index contributed by atoms with van der Waals surface area (Å²) in [6.07, 6.45) is -0.963. The number of carbonyl (C=O) groups excluding carboxylic acids is 2. The van der Waals surface area contributed by atoms with Crippen molar-refractivity contribution in [1.29, 1.82) is 0 Å². The molecule has 0 saturated carbocycles. The van der Waals surface area contributed by atoms with Gasteiger partial charge in [0.05, 0.1) is 7.11 Å². The van der Waals surface area contributed by atoms with E-state index in [2.05, 4.69) is 4.74 Å². The molecule has 1 unspecified atom stereocenters. The quantitative estimate of drug-likeness (QED) is 0.815. The van der Waals surface area contributed by atoms with Crippen LogP contribution in [0.1, 0.15) is 24.0 Å². The molecule has 0 fully saturated rings. The average Bonchev–Trinajstić information content (AvgIpc) is 2.58. The van der Waals surface area contributed by atoms with Crippen LogP contribution in [0.15, 0.2) is 48.5 Å². The number of benzene rings is 2. The predicted octanol–water partition coefficient (Wildman–Crippen LogP) is 3.03. The van der Waals surface area contributed by atoms with Gasteiger partial charge in [0.25, 0.3) is 0 Å². The molecule has 2 aromatic rings. The van der Waals surface area contributed by atoms with Gasteiger partial charge in [-0.1, -0.05) is 36.4 Å². The van der Waals surface area contributed by atoms with Crippen LogP contribution in [-0.2, 0) is 19.1 Å². The van der Waals surface area contributed by atoms with E-state index in [1.54, 1.807) is 12.1 Å². The van der Waals surface area contributed by atoms with Crippen LogP contribution < -0.4 is 4.74 Å². The highest BCUT2D eigenvalue weighted by Gasteiger charge is 2.35. The first kappa shape index (κ1) is 15.1. The van der Waals surface area contributed by atoms with E-state index in [0.717, 1.165) is 0 Å². The number of hydrogen-bond donors (Lipinski definition) is 0. The lowest BCUT2D eigenvalue weighted by Crippen LogP contribution is -2.29. The van der Waals surface area contributed by atoms with E-state index in [4.69, 9.17) is 9.47 Å². The first-order chi connectivity index (χ1) is 11.1. The van der Waals surface area contributed by atoms with Crippen LogP contribution in [0.4, 0.5) is 0 Å². The Bertz CT molecular complexity index is 707. The molecule has 0 amide bonds. The van der Waals surface area contributed by atoms with Crippen molar-refractivity contribution in [3.8, 4) is 11.5 Å². The molecule has 3 rings (SSSR count). The van der Waals surface area contributed by atoms with Gasteiger partial charge in [0.2, 0.25) is 0 Å². The third kappa shape index (κ3) is 2.77. The average molecular weight is 312 g/mol. The van der Waals surface area contributed by atoms with E-state index < -0.39 is 24.0 Å². The second-order valence-electron chi connectivity index (χ2n) is 5.21. The summed E-state index contributed by atoms with van der Waals surface area (Å²) in [6, 6.07) is 14.6. The summed E-state index contributed by atoms with van der Waals surface area (Å²) in [5.41, 5.74) is 1.43. The lowest BCUT2D eigenvalue weighted by Gasteiger charge is -2.27. The zero-order chi connectivity index (χ0) is 16.4. The Kier molecular flexibility index (Phi) is 4.02. The smallest absolute Gasteiger partial charge is 0.346 e. The standard InChI is InChI=1S/C18H16O5/c1-11(17(19)21-2)22-18(20)16-12-7-3-5-9-14(12)23-15-10-6-4-8-13(15)16/h3-11,16H,1-2H3. The van der Waals surface area contributed by atoms with Crippen LogP contribution >= 0.6 is 0 Å². The maximum absolute atomic E-state index is 12.7. The van der Waals surface area contributed by atoms with E-state index in [1.165, 1.54) is 14.0 Å². The third-order valence-electron chi connectivity index (χ3n) is 3.74. The molecular weight excluding hydrogens is 296 g/mol. The van der Waals surface area contributed by atoms with Crippen LogP contribution in [0.3, 0.4) is 0 Å². The van der Waals surface area contributed by atoms with Gasteiger partial charge in [0.1, 0.15) is 17.4 Å². The molecular formula is C18H16O5. The molecule has 23 heavy (non-hydrogen) atoms. The van der Waals surface area contributed by atoms with Crippen molar-refractivity contribution in [2.45, 2.75) is 18.9 Å². The Balaban J connectivity index is 1.98. The van der Waals surface area contributed by atoms with Crippen molar-refractivity contribution in [1.82, 2.24) is 0 Å². The summed E-state index contributed by atoms with van der Waals surface area (Å²) in [5, 5.41) is 0. The number of carbonyl (C=O) groups is 2. The highest BCUT2D eigenvalue weighted by molar-refractivity contribution is 5.87. The molecule has 0 aromatic heterocycles. The van der Waals surface area contributed by atoms with Crippen molar-refractivity contribution >= 4 is 11.9 Å². The number of esters is 2. The SMILES string of the molecule is COC(=O)C(C)OC(=O)C1c2ccccc2Oc2ccccc21. The van der Waals surface area contributed by atoms with Gasteiger partial charge in [-0.05, 0) is 19.1 Å². The molecule has 0 aliphatic carbocycles. The third-order valence-corrected chi connectivity index (χ3v) is 3.74. The topological polar surface area (TPSA) is 61.8 Å². The van der Waals surface area contributed by atoms with Gasteiger partial charge in [0, 0.05) is 11.1 Å². The highest BCUT2D eigenvalue weighted by atomic mass is 16.6. The van der Waals surface area contributed by atoms with Crippen molar-refractivity contribution in [3.05, 3.63) is 59.7 Å². The van der Waals surface area contributed by atoms with E-state index in [0.29, 0.717) is 22.6 Å². The van der Waals surface area contributed by atoms with Crippen molar-refractivity contribution in [2.24, 2.45) is 0 Å². The Labute approximate surface area is 133 Å². The van der Waals surface area contributed by atoms with E-state index >= 15 is 0 Å². The summed E-state index contributed by atoms with van der Waals surface area (Å²) in [6.45, 7) is 1.49. The van der Waals surface area contributed by atoms with E-state index in [1.807, 2.05) is 36.4 Å². The minimum absolute atomic E-state index is 0.508. The monoisotopic (exact) mass is 312 g/mol. The second kappa shape index (κ2) is 6.12. The number of para-hydroxylation sites is 2. The maximum atomic E-state index is 12.7. The number of ether oxygens (including phenoxy) is 3. The van der Waals surface area contributed by atoms with Gasteiger partial charge in [0.15, 0.2) is 6.10 Å². The molecule has 1 aliphatic heterocycles. The molecule has 0 N–H and O–H groups in total. The summed E-state index contributed by atoms with van der Waals surface area (Å²) < 4.78 is 15.7. The number of hydrogen-bond acceptors (Lipinski definition) is 5. The van der Waals surface area contributed by atoms with Gasteiger partial charge in [-0.2, -0.15) is 0 Å². The predicted molar refractivity (Wildman–Crippen MR) is 82.4 cm³/mol. The molecule has 2 aromatic carbocycles. The fraction of sp³-hybridized carbons (Fsp3) is 0.222. The second-order valence-corrected chi connectivity index (χ2v) is 5.21. The zero-order valence-electron chi connectivity index (χ0n) is 12.8.